The Morgan fingerprint density at radius 2 is 1.89 bits per heavy atom. The number of rotatable bonds is 3. The quantitative estimate of drug-likeness (QED) is 0.849. The molecule has 0 radical (unpaired) electrons. The van der Waals surface area contributed by atoms with Crippen molar-refractivity contribution in [3.05, 3.63) is 5.89 Å². The highest BCUT2D eigenvalue weighted by atomic mass is 16.5. The fraction of sp³-hybridized carbons (Fsp3) is 0.857. The van der Waals surface area contributed by atoms with Crippen molar-refractivity contribution in [2.24, 2.45) is 0 Å². The molecule has 1 aliphatic heterocycles. The monoisotopic (exact) mass is 264 g/mol. The van der Waals surface area contributed by atoms with Crippen molar-refractivity contribution in [1.29, 1.82) is 0 Å². The Labute approximate surface area is 114 Å². The molecule has 5 heteroatoms. The molecule has 0 spiro atoms. The zero-order chi connectivity index (χ0) is 13.1. The van der Waals surface area contributed by atoms with Crippen molar-refractivity contribution >= 4 is 5.95 Å². The zero-order valence-electron chi connectivity index (χ0n) is 11.8. The summed E-state index contributed by atoms with van der Waals surface area (Å²) >= 11 is 0. The minimum Gasteiger partial charge on any atom is -0.338 e. The van der Waals surface area contributed by atoms with Gasteiger partial charge in [-0.2, -0.15) is 4.98 Å². The number of aromatic nitrogens is 2. The SMILES string of the molecule is CNC1CCCCCC1c1nc(N2CCCC2)no1. The molecule has 106 valence electrons. The van der Waals surface area contributed by atoms with Crippen LogP contribution in [0.4, 0.5) is 5.95 Å². The standard InChI is InChI=1S/C14H24N4O/c1-15-12-8-4-2-3-7-11(12)13-16-14(17-19-13)18-9-5-6-10-18/h11-12,15H,2-10H2,1H3. The summed E-state index contributed by atoms with van der Waals surface area (Å²) in [4.78, 5) is 6.90. The molecule has 19 heavy (non-hydrogen) atoms. The number of likely N-dealkylation sites (N-methyl/N-ethyl adjacent to an activating group) is 1. The van der Waals surface area contributed by atoms with Crippen LogP contribution in [0.5, 0.6) is 0 Å². The van der Waals surface area contributed by atoms with Crippen molar-refractivity contribution < 1.29 is 4.52 Å². The molecule has 0 bridgehead atoms. The Morgan fingerprint density at radius 1 is 1.11 bits per heavy atom. The molecule has 1 saturated heterocycles. The second kappa shape index (κ2) is 5.90. The number of hydrogen-bond acceptors (Lipinski definition) is 5. The summed E-state index contributed by atoms with van der Waals surface area (Å²) in [7, 11) is 2.04. The van der Waals surface area contributed by atoms with Gasteiger partial charge in [0, 0.05) is 19.1 Å². The summed E-state index contributed by atoms with van der Waals surface area (Å²) in [5, 5.41) is 7.61. The lowest BCUT2D eigenvalue weighted by Gasteiger charge is -2.21. The van der Waals surface area contributed by atoms with E-state index < -0.39 is 0 Å². The van der Waals surface area contributed by atoms with E-state index in [1.807, 2.05) is 7.05 Å². The molecule has 0 amide bonds. The third-order valence-corrected chi connectivity index (χ3v) is 4.52. The Kier molecular flexibility index (Phi) is 4.01. The Bertz CT molecular complexity index is 400. The van der Waals surface area contributed by atoms with Gasteiger partial charge in [0.05, 0.1) is 5.92 Å². The minimum atomic E-state index is 0.386. The van der Waals surface area contributed by atoms with Gasteiger partial charge in [-0.1, -0.05) is 19.3 Å². The molecule has 2 atom stereocenters. The summed E-state index contributed by atoms with van der Waals surface area (Å²) in [6, 6.07) is 0.481. The van der Waals surface area contributed by atoms with Gasteiger partial charge in [0.1, 0.15) is 0 Å². The van der Waals surface area contributed by atoms with Crippen molar-refractivity contribution in [2.75, 3.05) is 25.0 Å². The van der Waals surface area contributed by atoms with Crippen LogP contribution in [-0.2, 0) is 0 Å². The van der Waals surface area contributed by atoms with E-state index in [2.05, 4.69) is 20.4 Å². The third kappa shape index (κ3) is 2.76. The fourth-order valence-electron chi connectivity index (χ4n) is 3.37. The second-order valence-electron chi connectivity index (χ2n) is 5.77. The van der Waals surface area contributed by atoms with E-state index in [1.165, 1.54) is 38.5 Å². The second-order valence-corrected chi connectivity index (χ2v) is 5.77. The number of anilines is 1. The van der Waals surface area contributed by atoms with E-state index in [0.717, 1.165) is 31.3 Å². The van der Waals surface area contributed by atoms with Gasteiger partial charge in [-0.05, 0) is 37.9 Å². The zero-order valence-corrected chi connectivity index (χ0v) is 11.8. The first-order chi connectivity index (χ1) is 9.38. The summed E-state index contributed by atoms with van der Waals surface area (Å²) in [5.41, 5.74) is 0. The molecule has 2 heterocycles. The van der Waals surface area contributed by atoms with Crippen molar-refractivity contribution in [3.63, 3.8) is 0 Å². The van der Waals surface area contributed by atoms with Gasteiger partial charge in [-0.15, -0.1) is 0 Å². The van der Waals surface area contributed by atoms with Crippen LogP contribution in [-0.4, -0.2) is 36.3 Å². The molecular weight excluding hydrogens is 240 g/mol. The minimum absolute atomic E-state index is 0.386. The van der Waals surface area contributed by atoms with Crippen LogP contribution in [0.15, 0.2) is 4.52 Å². The molecule has 3 rings (SSSR count). The smallest absolute Gasteiger partial charge is 0.266 e. The van der Waals surface area contributed by atoms with Crippen LogP contribution in [0.25, 0.3) is 0 Å². The van der Waals surface area contributed by atoms with Crippen LogP contribution in [0, 0.1) is 0 Å². The summed E-state index contributed by atoms with van der Waals surface area (Å²) in [6.45, 7) is 2.14. The Hall–Kier alpha value is -1.10. The highest BCUT2D eigenvalue weighted by Crippen LogP contribution is 2.32. The van der Waals surface area contributed by atoms with E-state index in [4.69, 9.17) is 4.52 Å². The fourth-order valence-corrected chi connectivity index (χ4v) is 3.37. The predicted octanol–water partition coefficient (Wildman–Crippen LogP) is 2.31. The maximum atomic E-state index is 5.56. The molecule has 0 aromatic carbocycles. The van der Waals surface area contributed by atoms with E-state index in [1.54, 1.807) is 0 Å². The van der Waals surface area contributed by atoms with Gasteiger partial charge in [0.15, 0.2) is 0 Å². The molecule has 1 aromatic rings. The number of nitrogens with zero attached hydrogens (tertiary/aromatic N) is 3. The van der Waals surface area contributed by atoms with Crippen molar-refractivity contribution in [2.45, 2.75) is 56.9 Å². The lowest BCUT2D eigenvalue weighted by molar-refractivity contribution is 0.310. The highest BCUT2D eigenvalue weighted by molar-refractivity contribution is 5.29. The van der Waals surface area contributed by atoms with E-state index in [0.29, 0.717) is 12.0 Å². The molecule has 2 aliphatic rings. The van der Waals surface area contributed by atoms with Crippen LogP contribution in [0.2, 0.25) is 0 Å². The molecule has 1 aromatic heterocycles. The van der Waals surface area contributed by atoms with Gasteiger partial charge in [-0.3, -0.25) is 0 Å². The molecular formula is C14H24N4O. The van der Waals surface area contributed by atoms with E-state index >= 15 is 0 Å². The molecule has 2 unspecified atom stereocenters. The average Bonchev–Trinajstić information content (AvgIpc) is 3.05. The molecule has 1 aliphatic carbocycles. The van der Waals surface area contributed by atoms with Gasteiger partial charge in [-0.25, -0.2) is 0 Å². The lowest BCUT2D eigenvalue weighted by atomic mass is 9.95. The van der Waals surface area contributed by atoms with Crippen molar-refractivity contribution in [1.82, 2.24) is 15.5 Å². The maximum absolute atomic E-state index is 5.56. The van der Waals surface area contributed by atoms with Gasteiger partial charge in [0.2, 0.25) is 5.89 Å². The summed E-state index contributed by atoms with van der Waals surface area (Å²) in [5.74, 6) is 2.02. The van der Waals surface area contributed by atoms with Crippen LogP contribution in [0.3, 0.4) is 0 Å². The Morgan fingerprint density at radius 3 is 2.68 bits per heavy atom. The first-order valence-corrected chi connectivity index (χ1v) is 7.64. The average molecular weight is 264 g/mol. The molecule has 5 nitrogen and oxygen atoms in total. The van der Waals surface area contributed by atoms with Crippen LogP contribution in [0.1, 0.15) is 56.8 Å². The van der Waals surface area contributed by atoms with Crippen LogP contribution < -0.4 is 10.2 Å². The van der Waals surface area contributed by atoms with Crippen LogP contribution >= 0.6 is 0 Å². The molecule has 2 fully saturated rings. The maximum Gasteiger partial charge on any atom is 0.266 e. The lowest BCUT2D eigenvalue weighted by Crippen LogP contribution is -2.31. The van der Waals surface area contributed by atoms with Gasteiger partial charge in [0.25, 0.3) is 5.95 Å². The Balaban J connectivity index is 1.75. The summed E-state index contributed by atoms with van der Waals surface area (Å²) < 4.78 is 5.56. The highest BCUT2D eigenvalue weighted by Gasteiger charge is 2.29. The first kappa shape index (κ1) is 12.9. The molecule has 1 N–H and O–H groups in total. The third-order valence-electron chi connectivity index (χ3n) is 4.52. The predicted molar refractivity (Wildman–Crippen MR) is 74.4 cm³/mol. The largest absolute Gasteiger partial charge is 0.338 e. The van der Waals surface area contributed by atoms with Gasteiger partial charge >= 0.3 is 0 Å². The van der Waals surface area contributed by atoms with E-state index in [-0.39, 0.29) is 0 Å². The van der Waals surface area contributed by atoms with Crippen molar-refractivity contribution in [3.8, 4) is 0 Å². The normalized spacial score (nSPS) is 28.6. The number of nitrogens with one attached hydrogen (secondary N) is 1. The molecule has 1 saturated carbocycles. The topological polar surface area (TPSA) is 54.2 Å². The summed E-state index contributed by atoms with van der Waals surface area (Å²) in [6.07, 6.45) is 8.75. The number of hydrogen-bond donors (Lipinski definition) is 1. The first-order valence-electron chi connectivity index (χ1n) is 7.64. The van der Waals surface area contributed by atoms with E-state index in [9.17, 15) is 0 Å². The van der Waals surface area contributed by atoms with Gasteiger partial charge < -0.3 is 14.7 Å².